The summed E-state index contributed by atoms with van der Waals surface area (Å²) in [5.74, 6) is 1.53. The fourth-order valence-corrected chi connectivity index (χ4v) is 4.69. The third-order valence-electron chi connectivity index (χ3n) is 4.90. The zero-order valence-corrected chi connectivity index (χ0v) is 10.7. The van der Waals surface area contributed by atoms with Crippen molar-refractivity contribution in [2.45, 2.75) is 51.0 Å². The molecule has 0 spiro atoms. The van der Waals surface area contributed by atoms with Crippen molar-refractivity contribution in [3.63, 3.8) is 0 Å². The van der Waals surface area contributed by atoms with Crippen molar-refractivity contribution in [3.05, 3.63) is 0 Å². The van der Waals surface area contributed by atoms with Crippen molar-refractivity contribution in [3.8, 4) is 0 Å². The number of carbonyl (C=O) groups is 2. The van der Waals surface area contributed by atoms with Gasteiger partial charge in [-0.15, -0.1) is 5.06 Å². The minimum atomic E-state index is -0.663. The minimum absolute atomic E-state index is 0.164. The molecule has 4 bridgehead atoms. The number of nitrogens with one attached hydrogen (secondary N) is 1. The Kier molecular flexibility index (Phi) is 2.62. The molecule has 0 aromatic rings. The van der Waals surface area contributed by atoms with E-state index in [-0.39, 0.29) is 10.6 Å². The Balaban J connectivity index is 1.72. The molecule has 0 unspecified atom stereocenters. The van der Waals surface area contributed by atoms with Crippen molar-refractivity contribution in [1.29, 1.82) is 0 Å². The van der Waals surface area contributed by atoms with Gasteiger partial charge in [-0.05, 0) is 56.3 Å². The molecule has 4 rings (SSSR count). The second-order valence-electron chi connectivity index (χ2n) is 6.46. The van der Waals surface area contributed by atoms with E-state index >= 15 is 0 Å². The molecule has 4 fully saturated rings. The lowest BCUT2D eigenvalue weighted by Crippen LogP contribution is -2.61. The molecule has 18 heavy (non-hydrogen) atoms. The van der Waals surface area contributed by atoms with E-state index < -0.39 is 11.9 Å². The molecule has 0 radical (unpaired) electrons. The number of carbonyl (C=O) groups excluding carboxylic acids is 2. The van der Waals surface area contributed by atoms with Gasteiger partial charge in [-0.1, -0.05) is 0 Å². The molecule has 0 heterocycles. The molecule has 4 saturated carbocycles. The molecule has 5 heteroatoms. The standard InChI is InChI=1S/C13H20N2O3/c1-8(16)15(18)12(17)14-13-5-9-2-10(6-13)4-11(3-9)7-13/h9-11,18H,2-7H2,1H3,(H,14,17). The number of urea groups is 1. The van der Waals surface area contributed by atoms with Crippen LogP contribution in [0.5, 0.6) is 0 Å². The second kappa shape index (κ2) is 3.95. The zero-order valence-electron chi connectivity index (χ0n) is 10.7. The van der Waals surface area contributed by atoms with Crippen molar-refractivity contribution < 1.29 is 14.8 Å². The van der Waals surface area contributed by atoms with Gasteiger partial charge < -0.3 is 5.32 Å². The predicted molar refractivity (Wildman–Crippen MR) is 63.7 cm³/mol. The lowest BCUT2D eigenvalue weighted by Gasteiger charge is -2.56. The van der Waals surface area contributed by atoms with E-state index in [0.29, 0.717) is 0 Å². The summed E-state index contributed by atoms with van der Waals surface area (Å²) in [5.41, 5.74) is -0.164. The van der Waals surface area contributed by atoms with Gasteiger partial charge in [0.1, 0.15) is 0 Å². The fraction of sp³-hybridized carbons (Fsp3) is 0.846. The van der Waals surface area contributed by atoms with Crippen LogP contribution in [0.25, 0.3) is 0 Å². The second-order valence-corrected chi connectivity index (χ2v) is 6.46. The Morgan fingerprint density at radius 3 is 1.94 bits per heavy atom. The van der Waals surface area contributed by atoms with E-state index in [0.717, 1.165) is 37.0 Å². The minimum Gasteiger partial charge on any atom is -0.330 e. The van der Waals surface area contributed by atoms with E-state index in [1.165, 1.54) is 26.2 Å². The van der Waals surface area contributed by atoms with E-state index in [4.69, 9.17) is 0 Å². The maximum atomic E-state index is 11.8. The Labute approximate surface area is 106 Å². The van der Waals surface area contributed by atoms with E-state index in [2.05, 4.69) is 5.32 Å². The summed E-state index contributed by atoms with van der Waals surface area (Å²) in [6.07, 6.45) is 6.92. The number of amides is 3. The maximum absolute atomic E-state index is 11.8. The summed E-state index contributed by atoms with van der Waals surface area (Å²) in [7, 11) is 0. The summed E-state index contributed by atoms with van der Waals surface area (Å²) in [6.45, 7) is 1.18. The van der Waals surface area contributed by atoms with Crippen LogP contribution in [-0.4, -0.2) is 27.7 Å². The topological polar surface area (TPSA) is 69.6 Å². The van der Waals surface area contributed by atoms with Gasteiger partial charge in [0.15, 0.2) is 0 Å². The third kappa shape index (κ3) is 1.90. The first kappa shape index (κ1) is 12.0. The summed E-state index contributed by atoms with van der Waals surface area (Å²) in [6, 6.07) is -0.663. The quantitative estimate of drug-likeness (QED) is 0.553. The summed E-state index contributed by atoms with van der Waals surface area (Å²) in [5, 5.41) is 12.5. The van der Waals surface area contributed by atoms with Crippen LogP contribution < -0.4 is 5.32 Å². The first-order chi connectivity index (χ1) is 8.47. The van der Waals surface area contributed by atoms with Crippen molar-refractivity contribution >= 4 is 11.9 Å². The van der Waals surface area contributed by atoms with Crippen LogP contribution in [0, 0.1) is 17.8 Å². The smallest absolute Gasteiger partial charge is 0.330 e. The van der Waals surface area contributed by atoms with Crippen LogP contribution in [0.3, 0.4) is 0 Å². The molecular weight excluding hydrogens is 232 g/mol. The molecule has 0 saturated heterocycles. The van der Waals surface area contributed by atoms with E-state index in [1.54, 1.807) is 0 Å². The molecular formula is C13H20N2O3. The first-order valence-electron chi connectivity index (χ1n) is 6.79. The van der Waals surface area contributed by atoms with Gasteiger partial charge >= 0.3 is 6.03 Å². The lowest BCUT2D eigenvalue weighted by molar-refractivity contribution is -0.150. The van der Waals surface area contributed by atoms with Gasteiger partial charge in [0.25, 0.3) is 5.91 Å². The Morgan fingerprint density at radius 2 is 1.56 bits per heavy atom. The highest BCUT2D eigenvalue weighted by Gasteiger charge is 2.51. The SMILES string of the molecule is CC(=O)N(O)C(=O)NC12CC3CC(CC(C3)C1)C2. The predicted octanol–water partition coefficient (Wildman–Crippen LogP) is 1.90. The Bertz CT molecular complexity index is 358. The maximum Gasteiger partial charge on any atom is 0.349 e. The highest BCUT2D eigenvalue weighted by Crippen LogP contribution is 2.55. The molecule has 3 amide bonds. The molecule has 0 aliphatic heterocycles. The zero-order chi connectivity index (χ0) is 12.9. The lowest BCUT2D eigenvalue weighted by atomic mass is 9.53. The average molecular weight is 252 g/mol. The number of rotatable bonds is 1. The summed E-state index contributed by atoms with van der Waals surface area (Å²) in [4.78, 5) is 22.8. The van der Waals surface area contributed by atoms with Crippen molar-refractivity contribution in [2.75, 3.05) is 0 Å². The van der Waals surface area contributed by atoms with Gasteiger partial charge in [0, 0.05) is 12.5 Å². The average Bonchev–Trinajstić information content (AvgIpc) is 2.24. The normalized spacial score (nSPS) is 40.7. The molecule has 5 nitrogen and oxygen atoms in total. The fourth-order valence-electron chi connectivity index (χ4n) is 4.69. The van der Waals surface area contributed by atoms with E-state index in [1.807, 2.05) is 0 Å². The summed E-state index contributed by atoms with van der Waals surface area (Å²) >= 11 is 0. The van der Waals surface area contributed by atoms with Crippen LogP contribution in [-0.2, 0) is 4.79 Å². The number of hydrogen-bond donors (Lipinski definition) is 2. The Hall–Kier alpha value is -1.10. The molecule has 100 valence electrons. The molecule has 2 N–H and O–H groups in total. The van der Waals surface area contributed by atoms with Crippen LogP contribution in [0.4, 0.5) is 4.79 Å². The first-order valence-corrected chi connectivity index (χ1v) is 6.79. The van der Waals surface area contributed by atoms with Crippen LogP contribution in [0.2, 0.25) is 0 Å². The van der Waals surface area contributed by atoms with E-state index in [9.17, 15) is 14.8 Å². The largest absolute Gasteiger partial charge is 0.349 e. The van der Waals surface area contributed by atoms with Gasteiger partial charge in [-0.2, -0.15) is 0 Å². The molecule has 0 atom stereocenters. The number of hydroxylamine groups is 2. The molecule has 4 aliphatic carbocycles. The number of imide groups is 1. The molecule has 0 aromatic heterocycles. The van der Waals surface area contributed by atoms with Gasteiger partial charge in [0.05, 0.1) is 0 Å². The number of nitrogens with zero attached hydrogens (tertiary/aromatic N) is 1. The monoisotopic (exact) mass is 252 g/mol. The van der Waals surface area contributed by atoms with Crippen LogP contribution in [0.15, 0.2) is 0 Å². The van der Waals surface area contributed by atoms with Gasteiger partial charge in [0.2, 0.25) is 0 Å². The van der Waals surface area contributed by atoms with Gasteiger partial charge in [-0.25, -0.2) is 4.79 Å². The summed E-state index contributed by atoms with van der Waals surface area (Å²) < 4.78 is 0. The van der Waals surface area contributed by atoms with Crippen LogP contribution >= 0.6 is 0 Å². The van der Waals surface area contributed by atoms with Crippen molar-refractivity contribution in [1.82, 2.24) is 10.4 Å². The highest BCUT2D eigenvalue weighted by atomic mass is 16.5. The third-order valence-corrected chi connectivity index (χ3v) is 4.90. The van der Waals surface area contributed by atoms with Crippen molar-refractivity contribution in [2.24, 2.45) is 17.8 Å². The molecule has 4 aliphatic rings. The Morgan fingerprint density at radius 1 is 1.11 bits per heavy atom. The van der Waals surface area contributed by atoms with Crippen LogP contribution in [0.1, 0.15) is 45.4 Å². The van der Waals surface area contributed by atoms with Gasteiger partial charge in [-0.3, -0.25) is 10.0 Å². The number of hydrogen-bond acceptors (Lipinski definition) is 3. The highest BCUT2D eigenvalue weighted by molar-refractivity contribution is 5.91. The molecule has 0 aromatic carbocycles.